The SMILES string of the molecule is CCNC(=O)c1cccc(CCBr)c1. The lowest BCUT2D eigenvalue weighted by Gasteiger charge is -2.04. The Kier molecular flexibility index (Phi) is 4.66. The van der Waals surface area contributed by atoms with E-state index in [9.17, 15) is 4.79 Å². The number of carbonyl (C=O) groups is 1. The molecule has 0 saturated carbocycles. The van der Waals surface area contributed by atoms with Crippen LogP contribution in [-0.2, 0) is 6.42 Å². The van der Waals surface area contributed by atoms with Crippen molar-refractivity contribution in [3.63, 3.8) is 0 Å². The maximum Gasteiger partial charge on any atom is 0.251 e. The average Bonchev–Trinajstić information content (AvgIpc) is 2.19. The third kappa shape index (κ3) is 3.14. The van der Waals surface area contributed by atoms with Gasteiger partial charge in [-0.05, 0) is 31.0 Å². The fourth-order valence-electron chi connectivity index (χ4n) is 1.24. The predicted molar refractivity (Wildman–Crippen MR) is 61.9 cm³/mol. The summed E-state index contributed by atoms with van der Waals surface area (Å²) in [6.07, 6.45) is 0.952. The lowest BCUT2D eigenvalue weighted by molar-refractivity contribution is 0.0955. The number of aryl methyl sites for hydroxylation is 1. The zero-order chi connectivity index (χ0) is 10.4. The van der Waals surface area contributed by atoms with Crippen molar-refractivity contribution < 1.29 is 4.79 Å². The van der Waals surface area contributed by atoms with Gasteiger partial charge in [-0.25, -0.2) is 0 Å². The number of nitrogens with one attached hydrogen (secondary N) is 1. The van der Waals surface area contributed by atoms with Crippen LogP contribution in [0.25, 0.3) is 0 Å². The molecule has 2 nitrogen and oxygen atoms in total. The molecule has 0 spiro atoms. The van der Waals surface area contributed by atoms with Crippen LogP contribution in [0.1, 0.15) is 22.8 Å². The lowest BCUT2D eigenvalue weighted by Crippen LogP contribution is -2.22. The number of benzene rings is 1. The van der Waals surface area contributed by atoms with Gasteiger partial charge in [0.25, 0.3) is 5.91 Å². The zero-order valence-electron chi connectivity index (χ0n) is 8.22. The van der Waals surface area contributed by atoms with Crippen LogP contribution in [0.4, 0.5) is 0 Å². The van der Waals surface area contributed by atoms with E-state index < -0.39 is 0 Å². The Morgan fingerprint density at radius 3 is 2.93 bits per heavy atom. The van der Waals surface area contributed by atoms with E-state index in [0.29, 0.717) is 6.54 Å². The van der Waals surface area contributed by atoms with Crippen molar-refractivity contribution in [3.8, 4) is 0 Å². The second-order valence-corrected chi connectivity index (χ2v) is 3.79. The fraction of sp³-hybridized carbons (Fsp3) is 0.364. The Morgan fingerprint density at radius 2 is 2.29 bits per heavy atom. The maximum atomic E-state index is 11.5. The molecule has 0 heterocycles. The number of rotatable bonds is 4. The van der Waals surface area contributed by atoms with Gasteiger partial charge in [0.15, 0.2) is 0 Å². The highest BCUT2D eigenvalue weighted by Gasteiger charge is 2.03. The first-order valence-electron chi connectivity index (χ1n) is 4.71. The number of alkyl halides is 1. The molecule has 3 heteroatoms. The largest absolute Gasteiger partial charge is 0.352 e. The minimum Gasteiger partial charge on any atom is -0.352 e. The van der Waals surface area contributed by atoms with E-state index in [0.717, 1.165) is 17.3 Å². The summed E-state index contributed by atoms with van der Waals surface area (Å²) in [7, 11) is 0. The highest BCUT2D eigenvalue weighted by Crippen LogP contribution is 2.07. The maximum absolute atomic E-state index is 11.5. The highest BCUT2D eigenvalue weighted by molar-refractivity contribution is 9.09. The molecule has 0 bridgehead atoms. The van der Waals surface area contributed by atoms with Crippen LogP contribution in [0.3, 0.4) is 0 Å². The van der Waals surface area contributed by atoms with E-state index in [1.54, 1.807) is 0 Å². The van der Waals surface area contributed by atoms with Crippen molar-refractivity contribution in [2.45, 2.75) is 13.3 Å². The summed E-state index contributed by atoms with van der Waals surface area (Å²) < 4.78 is 0. The van der Waals surface area contributed by atoms with Crippen molar-refractivity contribution in [3.05, 3.63) is 35.4 Å². The summed E-state index contributed by atoms with van der Waals surface area (Å²) in [5, 5.41) is 3.70. The van der Waals surface area contributed by atoms with Gasteiger partial charge in [0, 0.05) is 17.4 Å². The molecule has 1 N–H and O–H groups in total. The molecule has 1 aromatic carbocycles. The third-order valence-corrected chi connectivity index (χ3v) is 2.31. The molecule has 0 unspecified atom stereocenters. The summed E-state index contributed by atoms with van der Waals surface area (Å²) >= 11 is 3.38. The van der Waals surface area contributed by atoms with E-state index in [2.05, 4.69) is 21.2 Å². The third-order valence-electron chi connectivity index (χ3n) is 1.91. The molecule has 0 fully saturated rings. The van der Waals surface area contributed by atoms with Crippen LogP contribution in [0, 0.1) is 0 Å². The molecule has 0 aromatic heterocycles. The van der Waals surface area contributed by atoms with Crippen LogP contribution >= 0.6 is 15.9 Å². The van der Waals surface area contributed by atoms with Crippen molar-refractivity contribution in [1.29, 1.82) is 0 Å². The second-order valence-electron chi connectivity index (χ2n) is 3.00. The van der Waals surface area contributed by atoms with Crippen LogP contribution in [0.15, 0.2) is 24.3 Å². The summed E-state index contributed by atoms with van der Waals surface area (Å²) in [5.74, 6) is 0.00363. The van der Waals surface area contributed by atoms with Crippen LogP contribution in [-0.4, -0.2) is 17.8 Å². The van der Waals surface area contributed by atoms with E-state index >= 15 is 0 Å². The minimum absolute atomic E-state index is 0.00363. The summed E-state index contributed by atoms with van der Waals surface area (Å²) in [6.45, 7) is 2.59. The molecule has 14 heavy (non-hydrogen) atoms. The standard InChI is InChI=1S/C11H14BrNO/c1-2-13-11(14)10-5-3-4-9(8-10)6-7-12/h3-5,8H,2,6-7H2,1H3,(H,13,14). The normalized spacial score (nSPS) is 9.86. The Balaban J connectivity index is 2.77. The Bertz CT molecular complexity index is 312. The van der Waals surface area contributed by atoms with E-state index in [4.69, 9.17) is 0 Å². The topological polar surface area (TPSA) is 29.1 Å². The van der Waals surface area contributed by atoms with Crippen LogP contribution in [0.5, 0.6) is 0 Å². The van der Waals surface area contributed by atoms with Crippen molar-refractivity contribution >= 4 is 21.8 Å². The molecule has 1 amide bonds. The molecule has 1 rings (SSSR count). The Morgan fingerprint density at radius 1 is 1.50 bits per heavy atom. The molecular weight excluding hydrogens is 242 g/mol. The lowest BCUT2D eigenvalue weighted by atomic mass is 10.1. The summed E-state index contributed by atoms with van der Waals surface area (Å²) in [6, 6.07) is 7.72. The van der Waals surface area contributed by atoms with Gasteiger partial charge < -0.3 is 5.32 Å². The first-order chi connectivity index (χ1) is 6.77. The van der Waals surface area contributed by atoms with Gasteiger partial charge in [-0.1, -0.05) is 28.1 Å². The summed E-state index contributed by atoms with van der Waals surface area (Å²) in [4.78, 5) is 11.5. The molecule has 76 valence electrons. The molecule has 0 radical (unpaired) electrons. The predicted octanol–water partition coefficient (Wildman–Crippen LogP) is 2.37. The number of hydrogen-bond acceptors (Lipinski definition) is 1. The fourth-order valence-corrected chi connectivity index (χ4v) is 1.70. The second kappa shape index (κ2) is 5.81. The van der Waals surface area contributed by atoms with Gasteiger partial charge in [-0.2, -0.15) is 0 Å². The van der Waals surface area contributed by atoms with Crippen LogP contribution < -0.4 is 5.32 Å². The smallest absolute Gasteiger partial charge is 0.251 e. The van der Waals surface area contributed by atoms with Gasteiger partial charge >= 0.3 is 0 Å². The van der Waals surface area contributed by atoms with Gasteiger partial charge in [-0.3, -0.25) is 4.79 Å². The van der Waals surface area contributed by atoms with E-state index in [1.807, 2.05) is 31.2 Å². The zero-order valence-corrected chi connectivity index (χ0v) is 9.80. The van der Waals surface area contributed by atoms with Gasteiger partial charge in [-0.15, -0.1) is 0 Å². The average molecular weight is 256 g/mol. The first kappa shape index (κ1) is 11.2. The minimum atomic E-state index is 0.00363. The van der Waals surface area contributed by atoms with E-state index in [1.165, 1.54) is 5.56 Å². The van der Waals surface area contributed by atoms with E-state index in [-0.39, 0.29) is 5.91 Å². The van der Waals surface area contributed by atoms with Gasteiger partial charge in [0.05, 0.1) is 0 Å². The number of halogens is 1. The van der Waals surface area contributed by atoms with Crippen molar-refractivity contribution in [2.24, 2.45) is 0 Å². The Hall–Kier alpha value is -0.830. The molecule has 1 aromatic rings. The quantitative estimate of drug-likeness (QED) is 0.823. The van der Waals surface area contributed by atoms with Crippen molar-refractivity contribution in [1.82, 2.24) is 5.32 Å². The Labute approximate surface area is 92.8 Å². The number of hydrogen-bond donors (Lipinski definition) is 1. The molecule has 0 aliphatic rings. The molecule has 0 saturated heterocycles. The molecular formula is C11H14BrNO. The molecule has 0 aliphatic carbocycles. The molecule has 0 atom stereocenters. The van der Waals surface area contributed by atoms with Gasteiger partial charge in [0.2, 0.25) is 0 Å². The molecule has 0 aliphatic heterocycles. The van der Waals surface area contributed by atoms with Crippen molar-refractivity contribution in [2.75, 3.05) is 11.9 Å². The number of amides is 1. The highest BCUT2D eigenvalue weighted by atomic mass is 79.9. The monoisotopic (exact) mass is 255 g/mol. The van der Waals surface area contributed by atoms with Crippen LogP contribution in [0.2, 0.25) is 0 Å². The van der Waals surface area contributed by atoms with Gasteiger partial charge in [0.1, 0.15) is 0 Å². The first-order valence-corrected chi connectivity index (χ1v) is 5.83. The number of carbonyl (C=O) groups excluding carboxylic acids is 1. The summed E-state index contributed by atoms with van der Waals surface area (Å²) in [5.41, 5.74) is 1.93.